The fraction of sp³-hybridized carbons (Fsp3) is 0.100. The summed E-state index contributed by atoms with van der Waals surface area (Å²) in [7, 11) is 19.1. The van der Waals surface area contributed by atoms with Gasteiger partial charge in [0.1, 0.15) is 0 Å². The topological polar surface area (TPSA) is 17.0 Å². The molecule has 2 nitrogen and oxygen atoms in total. The monoisotopic (exact) mass is 356 g/mol. The van der Waals surface area contributed by atoms with E-state index in [1.54, 1.807) is 4.74 Å². The Kier molecular flexibility index (Phi) is 6.14. The zero-order valence-electron chi connectivity index (χ0n) is 8.76. The summed E-state index contributed by atoms with van der Waals surface area (Å²) in [5.74, 6) is 0.901. The predicted molar refractivity (Wildman–Crippen MR) is 68.7 cm³/mol. The van der Waals surface area contributed by atoms with Gasteiger partial charge in [-0.2, -0.15) is 0 Å². The molecule has 0 saturated carbocycles. The van der Waals surface area contributed by atoms with Crippen LogP contribution >= 0.6 is 40.4 Å². The van der Waals surface area contributed by atoms with E-state index in [1.165, 1.54) is 0 Å². The van der Waals surface area contributed by atoms with Gasteiger partial charge in [-0.25, -0.2) is 4.52 Å². The average molecular weight is 358 g/mol. The Morgan fingerprint density at radius 3 is 1.94 bits per heavy atom. The Bertz CT molecular complexity index is 449. The summed E-state index contributed by atoms with van der Waals surface area (Å²) in [5.41, 5.74) is 1.11. The van der Waals surface area contributed by atoms with Crippen LogP contribution in [-0.2, 0) is 16.2 Å². The first-order valence-corrected chi connectivity index (χ1v) is 10.5. The number of halogens is 4. The van der Waals surface area contributed by atoms with E-state index in [2.05, 4.69) is 0 Å². The second-order valence-electron chi connectivity index (χ2n) is 2.99. The van der Waals surface area contributed by atoms with E-state index in [9.17, 15) is 0 Å². The number of aryl methyl sites for hydroxylation is 1. The van der Waals surface area contributed by atoms with E-state index in [1.807, 2.05) is 49.6 Å². The van der Waals surface area contributed by atoms with Crippen molar-refractivity contribution in [1.29, 1.82) is 0 Å². The molecule has 0 aliphatic carbocycles. The fourth-order valence-corrected chi connectivity index (χ4v) is 1.14. The van der Waals surface area contributed by atoms with E-state index in [4.69, 9.17) is 44.9 Å². The maximum absolute atomic E-state index is 5.39. The first kappa shape index (κ1) is 15.2. The quantitative estimate of drug-likeness (QED) is 0.541. The van der Waals surface area contributed by atoms with Gasteiger partial charge in [0, 0.05) is 5.56 Å². The predicted octanol–water partition coefficient (Wildman–Crippen LogP) is 4.53. The van der Waals surface area contributed by atoms with Crippen LogP contribution in [0.3, 0.4) is 0 Å². The van der Waals surface area contributed by atoms with Gasteiger partial charge in [0.25, 0.3) is 0 Å². The Balaban J connectivity index is 0.000000249. The van der Waals surface area contributed by atoms with Crippen LogP contribution in [0.5, 0.6) is 0 Å². The van der Waals surface area contributed by atoms with Crippen LogP contribution < -0.4 is 4.74 Å². The molecule has 97 valence electrons. The molecule has 17 heavy (non-hydrogen) atoms. The van der Waals surface area contributed by atoms with Crippen molar-refractivity contribution in [3.05, 3.63) is 42.6 Å². The van der Waals surface area contributed by atoms with E-state index >= 15 is 0 Å². The van der Waals surface area contributed by atoms with Crippen LogP contribution in [-0.4, -0.2) is 0 Å². The number of rotatable bonds is 1. The summed E-state index contributed by atoms with van der Waals surface area (Å²) in [4.78, 5) is 0. The number of aromatic nitrogens is 1. The molecule has 0 amide bonds. The standard InChI is InChI=1S/C10H10NO.4ClH.Fe/c1-11-8-7-10(12-11)9-5-3-2-4-6-9;;;;;/h2-8H,1H3;4*1H;/q+1;;;;;+3/p-4. The van der Waals surface area contributed by atoms with Gasteiger partial charge < -0.3 is 0 Å². The molecule has 0 aliphatic rings. The maximum atomic E-state index is 5.39. The molecule has 0 spiro atoms. The van der Waals surface area contributed by atoms with E-state index in [-0.39, 0.29) is 0 Å². The Labute approximate surface area is 119 Å². The summed E-state index contributed by atoms with van der Waals surface area (Å²) < 4.78 is 7.07. The van der Waals surface area contributed by atoms with Crippen molar-refractivity contribution in [3.8, 4) is 11.3 Å². The van der Waals surface area contributed by atoms with Crippen LogP contribution in [0.25, 0.3) is 11.3 Å². The van der Waals surface area contributed by atoms with Gasteiger partial charge >= 0.3 is 49.6 Å². The molecule has 2 rings (SSSR count). The molecule has 1 aromatic carbocycles. The van der Waals surface area contributed by atoms with E-state index < -0.39 is 9.20 Å². The van der Waals surface area contributed by atoms with Crippen LogP contribution in [0, 0.1) is 0 Å². The van der Waals surface area contributed by atoms with Gasteiger partial charge in [0.2, 0.25) is 12.0 Å². The van der Waals surface area contributed by atoms with E-state index in [0.717, 1.165) is 11.3 Å². The summed E-state index contributed by atoms with van der Waals surface area (Å²) in [6.07, 6.45) is 1.89. The summed E-state index contributed by atoms with van der Waals surface area (Å²) in [6.45, 7) is 0. The van der Waals surface area contributed by atoms with Gasteiger partial charge in [-0.1, -0.05) is 30.3 Å². The molecule has 0 unspecified atom stereocenters. The molecule has 1 heterocycles. The van der Waals surface area contributed by atoms with Crippen molar-refractivity contribution in [2.45, 2.75) is 0 Å². The Morgan fingerprint density at radius 1 is 1.00 bits per heavy atom. The molecular weight excluding hydrogens is 348 g/mol. The van der Waals surface area contributed by atoms with Crippen molar-refractivity contribution in [1.82, 2.24) is 0 Å². The molecule has 0 saturated heterocycles. The molecule has 0 bridgehead atoms. The first-order valence-electron chi connectivity index (χ1n) is 4.41. The third-order valence-electron chi connectivity index (χ3n) is 1.74. The van der Waals surface area contributed by atoms with Crippen LogP contribution in [0.1, 0.15) is 0 Å². The minimum atomic E-state index is -2.61. The molecule has 0 fully saturated rings. The second-order valence-corrected chi connectivity index (χ2v) is 13.9. The van der Waals surface area contributed by atoms with Crippen molar-refractivity contribution < 1.29 is 18.5 Å². The van der Waals surface area contributed by atoms with E-state index in [0.29, 0.717) is 0 Å². The zero-order chi connectivity index (χ0) is 12.9. The molecule has 0 radical (unpaired) electrons. The first-order chi connectivity index (χ1) is 7.86. The third-order valence-corrected chi connectivity index (χ3v) is 1.74. The number of hydrogen-bond donors (Lipinski definition) is 0. The minimum absolute atomic E-state index is 0.901. The van der Waals surface area contributed by atoms with Gasteiger partial charge in [-0.3, -0.25) is 0 Å². The van der Waals surface area contributed by atoms with Gasteiger partial charge in [0.05, 0.1) is 6.07 Å². The zero-order valence-corrected chi connectivity index (χ0v) is 12.9. The summed E-state index contributed by atoms with van der Waals surface area (Å²) in [6, 6.07) is 12.0. The average Bonchev–Trinajstić information content (AvgIpc) is 2.64. The molecule has 7 heteroatoms. The SMILES string of the molecule is C[n+]1ccc(-c2ccccc2)o1.[Cl][Fe-]([Cl])([Cl])[Cl]. The normalized spacial score (nSPS) is 11.6. The number of hydrogen-bond acceptors (Lipinski definition) is 1. The van der Waals surface area contributed by atoms with Crippen molar-refractivity contribution in [3.63, 3.8) is 0 Å². The molecule has 2 aromatic rings. The van der Waals surface area contributed by atoms with Crippen LogP contribution in [0.15, 0.2) is 47.1 Å². The summed E-state index contributed by atoms with van der Waals surface area (Å²) >= 11 is 0. The van der Waals surface area contributed by atoms with Crippen molar-refractivity contribution in [2.24, 2.45) is 7.05 Å². The molecule has 0 aliphatic heterocycles. The molecule has 0 N–H and O–H groups in total. The third kappa shape index (κ3) is 7.20. The van der Waals surface area contributed by atoms with Gasteiger partial charge in [-0.15, -0.1) is 0 Å². The number of nitrogens with zero attached hydrogens (tertiary/aromatic N) is 1. The van der Waals surface area contributed by atoms with Gasteiger partial charge in [-0.05, 0) is 4.74 Å². The molecule has 1 aromatic heterocycles. The van der Waals surface area contributed by atoms with Crippen LogP contribution in [0.4, 0.5) is 0 Å². The Morgan fingerprint density at radius 2 is 1.53 bits per heavy atom. The van der Waals surface area contributed by atoms with Crippen molar-refractivity contribution in [2.75, 3.05) is 0 Å². The molecular formula is C10H10Cl4FeNO. The summed E-state index contributed by atoms with van der Waals surface area (Å²) in [5, 5.41) is 0. The van der Waals surface area contributed by atoms with Crippen LogP contribution in [0.2, 0.25) is 0 Å². The Hall–Kier alpha value is 0.109. The van der Waals surface area contributed by atoms with Gasteiger partial charge in [0.15, 0.2) is 7.05 Å². The van der Waals surface area contributed by atoms with Crippen molar-refractivity contribution >= 4 is 40.4 Å². The fourth-order valence-electron chi connectivity index (χ4n) is 1.14. The number of benzene rings is 1. The molecule has 0 atom stereocenters. The second kappa shape index (κ2) is 6.89.